The Balaban J connectivity index is 3.03. The van der Waals surface area contributed by atoms with Gasteiger partial charge in [0.1, 0.15) is 5.41 Å². The molecule has 0 aliphatic carbocycles. The molecule has 0 aromatic heterocycles. The van der Waals surface area contributed by atoms with Crippen molar-refractivity contribution in [2.24, 2.45) is 5.41 Å². The summed E-state index contributed by atoms with van der Waals surface area (Å²) in [6.45, 7) is 2.14. The Kier molecular flexibility index (Phi) is 3.21. The molecule has 1 N–H and O–H groups in total. The summed E-state index contributed by atoms with van der Waals surface area (Å²) in [7, 11) is 1.20. The van der Waals surface area contributed by atoms with Crippen molar-refractivity contribution in [1.82, 2.24) is 5.32 Å². The summed E-state index contributed by atoms with van der Waals surface area (Å²) in [5, 5.41) is 2.91. The van der Waals surface area contributed by atoms with E-state index in [0.717, 1.165) is 0 Å². The molecule has 0 amide bonds. The molecule has 1 heterocycles. The zero-order valence-corrected chi connectivity index (χ0v) is 8.19. The topological polar surface area (TPSA) is 38.3 Å². The molecule has 0 radical (unpaired) electrons. The maximum atomic E-state index is 12.6. The van der Waals surface area contributed by atoms with Gasteiger partial charge in [0, 0.05) is 12.1 Å². The fraction of sp³-hybridized carbons (Fsp3) is 0.667. The smallest absolute Gasteiger partial charge is 0.317 e. The molecule has 5 heteroatoms. The van der Waals surface area contributed by atoms with Crippen LogP contribution in [-0.2, 0) is 9.53 Å². The van der Waals surface area contributed by atoms with E-state index in [2.05, 4.69) is 10.1 Å². The third kappa shape index (κ3) is 1.77. The highest BCUT2D eigenvalue weighted by Gasteiger charge is 2.42. The van der Waals surface area contributed by atoms with E-state index in [1.54, 1.807) is 0 Å². The third-order valence-corrected chi connectivity index (χ3v) is 2.56. The van der Waals surface area contributed by atoms with Gasteiger partial charge in [0.05, 0.1) is 7.11 Å². The van der Waals surface area contributed by atoms with Gasteiger partial charge in [0.25, 0.3) is 6.08 Å². The summed E-state index contributed by atoms with van der Waals surface area (Å²) >= 11 is 0. The molecule has 0 bridgehead atoms. The van der Waals surface area contributed by atoms with E-state index in [4.69, 9.17) is 0 Å². The average Bonchev–Trinajstić information content (AvgIpc) is 2.16. The van der Waals surface area contributed by atoms with Gasteiger partial charge in [0.2, 0.25) is 0 Å². The van der Waals surface area contributed by atoms with E-state index in [0.29, 0.717) is 6.54 Å². The summed E-state index contributed by atoms with van der Waals surface area (Å²) < 4.78 is 29.6. The van der Waals surface area contributed by atoms with Crippen LogP contribution in [0.5, 0.6) is 0 Å². The van der Waals surface area contributed by atoms with Crippen molar-refractivity contribution in [3.63, 3.8) is 0 Å². The number of nitrogens with one attached hydrogen (secondary N) is 1. The second-order valence-electron chi connectivity index (χ2n) is 3.49. The molecular formula is C9H13F2NO2. The lowest BCUT2D eigenvalue weighted by Crippen LogP contribution is -2.46. The standard InChI is InChI=1S/C9H13F2NO2/c1-9(8(13)14-2)5-12-4-3-6(9)7(10)11/h12H,3-5H2,1-2H3/t9-/m1/s1. The number of hydrogen-bond acceptors (Lipinski definition) is 3. The van der Waals surface area contributed by atoms with Crippen LogP contribution in [0.4, 0.5) is 8.78 Å². The highest BCUT2D eigenvalue weighted by atomic mass is 19.3. The molecule has 1 aliphatic rings. The summed E-state index contributed by atoms with van der Waals surface area (Å²) in [6.07, 6.45) is -1.58. The van der Waals surface area contributed by atoms with Crippen molar-refractivity contribution in [1.29, 1.82) is 0 Å². The zero-order valence-electron chi connectivity index (χ0n) is 8.19. The van der Waals surface area contributed by atoms with Crippen molar-refractivity contribution < 1.29 is 18.3 Å². The molecule has 0 unspecified atom stereocenters. The molecule has 1 saturated heterocycles. The quantitative estimate of drug-likeness (QED) is 0.656. The van der Waals surface area contributed by atoms with E-state index >= 15 is 0 Å². The summed E-state index contributed by atoms with van der Waals surface area (Å²) in [6, 6.07) is 0. The van der Waals surface area contributed by atoms with Crippen molar-refractivity contribution in [3.05, 3.63) is 11.7 Å². The summed E-state index contributed by atoms with van der Waals surface area (Å²) in [5.74, 6) is -0.618. The van der Waals surface area contributed by atoms with Crippen LogP contribution in [0.25, 0.3) is 0 Å². The van der Waals surface area contributed by atoms with Crippen LogP contribution in [0.3, 0.4) is 0 Å². The number of carbonyl (C=O) groups excluding carboxylic acids is 1. The van der Waals surface area contributed by atoms with Crippen LogP contribution in [-0.4, -0.2) is 26.2 Å². The van der Waals surface area contributed by atoms with Crippen LogP contribution in [0.15, 0.2) is 11.7 Å². The molecule has 0 aromatic carbocycles. The molecular weight excluding hydrogens is 192 g/mol. The van der Waals surface area contributed by atoms with Crippen LogP contribution in [0.2, 0.25) is 0 Å². The lowest BCUT2D eigenvalue weighted by Gasteiger charge is -2.33. The van der Waals surface area contributed by atoms with Gasteiger partial charge in [0.15, 0.2) is 0 Å². The molecule has 1 aliphatic heterocycles. The Morgan fingerprint density at radius 3 is 2.71 bits per heavy atom. The fourth-order valence-electron chi connectivity index (χ4n) is 1.66. The largest absolute Gasteiger partial charge is 0.468 e. The van der Waals surface area contributed by atoms with E-state index < -0.39 is 17.5 Å². The van der Waals surface area contributed by atoms with Crippen molar-refractivity contribution in [2.45, 2.75) is 13.3 Å². The van der Waals surface area contributed by atoms with Gasteiger partial charge in [-0.15, -0.1) is 0 Å². The number of carbonyl (C=O) groups is 1. The number of rotatable bonds is 1. The minimum absolute atomic E-state index is 0.108. The first-order valence-corrected chi connectivity index (χ1v) is 4.36. The highest BCUT2D eigenvalue weighted by Crippen LogP contribution is 2.35. The lowest BCUT2D eigenvalue weighted by atomic mass is 9.78. The molecule has 1 atom stereocenters. The zero-order chi connectivity index (χ0) is 10.8. The second kappa shape index (κ2) is 4.04. The Hall–Kier alpha value is -0.970. The van der Waals surface area contributed by atoms with Gasteiger partial charge in [-0.2, -0.15) is 8.78 Å². The Labute approximate surface area is 81.1 Å². The molecule has 14 heavy (non-hydrogen) atoms. The highest BCUT2D eigenvalue weighted by molar-refractivity contribution is 5.80. The Morgan fingerprint density at radius 2 is 2.21 bits per heavy atom. The molecule has 0 aromatic rings. The van der Waals surface area contributed by atoms with Gasteiger partial charge in [-0.3, -0.25) is 4.79 Å². The molecule has 1 fully saturated rings. The Bertz CT molecular complexity index is 274. The van der Waals surface area contributed by atoms with E-state index in [1.165, 1.54) is 14.0 Å². The number of hydrogen-bond donors (Lipinski definition) is 1. The first-order valence-electron chi connectivity index (χ1n) is 4.36. The van der Waals surface area contributed by atoms with E-state index in [-0.39, 0.29) is 18.5 Å². The van der Waals surface area contributed by atoms with Crippen molar-refractivity contribution in [2.75, 3.05) is 20.2 Å². The minimum Gasteiger partial charge on any atom is -0.468 e. The van der Waals surface area contributed by atoms with Crippen LogP contribution >= 0.6 is 0 Å². The molecule has 1 rings (SSSR count). The lowest BCUT2D eigenvalue weighted by molar-refractivity contribution is -0.150. The number of esters is 1. The Morgan fingerprint density at radius 1 is 1.57 bits per heavy atom. The first kappa shape index (κ1) is 11.1. The van der Waals surface area contributed by atoms with Crippen LogP contribution in [0.1, 0.15) is 13.3 Å². The summed E-state index contributed by atoms with van der Waals surface area (Å²) in [5.41, 5.74) is -1.32. The van der Waals surface area contributed by atoms with E-state index in [9.17, 15) is 13.6 Å². The molecule has 0 spiro atoms. The predicted octanol–water partition coefficient (Wildman–Crippen LogP) is 1.31. The van der Waals surface area contributed by atoms with Crippen LogP contribution in [0, 0.1) is 5.41 Å². The average molecular weight is 205 g/mol. The monoisotopic (exact) mass is 205 g/mol. The maximum Gasteiger partial charge on any atom is 0.317 e. The third-order valence-electron chi connectivity index (χ3n) is 2.56. The fourth-order valence-corrected chi connectivity index (χ4v) is 1.66. The maximum absolute atomic E-state index is 12.6. The van der Waals surface area contributed by atoms with E-state index in [1.807, 2.05) is 0 Å². The normalized spacial score (nSPS) is 27.3. The van der Waals surface area contributed by atoms with Gasteiger partial charge in [-0.05, 0) is 19.9 Å². The van der Waals surface area contributed by atoms with Crippen molar-refractivity contribution in [3.8, 4) is 0 Å². The van der Waals surface area contributed by atoms with Gasteiger partial charge < -0.3 is 10.1 Å². The predicted molar refractivity (Wildman–Crippen MR) is 46.9 cm³/mol. The summed E-state index contributed by atoms with van der Waals surface area (Å²) in [4.78, 5) is 11.4. The number of piperidine rings is 1. The molecule has 3 nitrogen and oxygen atoms in total. The van der Waals surface area contributed by atoms with Crippen molar-refractivity contribution >= 4 is 5.97 Å². The SMILES string of the molecule is COC(=O)[C@]1(C)CNCCC1=C(F)F. The number of halogens is 2. The van der Waals surface area contributed by atoms with Gasteiger partial charge in [-0.25, -0.2) is 0 Å². The van der Waals surface area contributed by atoms with Gasteiger partial charge >= 0.3 is 5.97 Å². The molecule has 0 saturated carbocycles. The first-order chi connectivity index (χ1) is 6.52. The van der Waals surface area contributed by atoms with Crippen LogP contribution < -0.4 is 5.32 Å². The van der Waals surface area contributed by atoms with Gasteiger partial charge in [-0.1, -0.05) is 0 Å². The molecule has 80 valence electrons. The minimum atomic E-state index is -1.76. The number of ether oxygens (including phenoxy) is 1. The second-order valence-corrected chi connectivity index (χ2v) is 3.49. The number of methoxy groups -OCH3 is 1.